The van der Waals surface area contributed by atoms with E-state index in [0.717, 1.165) is 25.2 Å². The Bertz CT molecular complexity index is 662. The summed E-state index contributed by atoms with van der Waals surface area (Å²) in [4.78, 5) is 38.4. The Morgan fingerprint density at radius 3 is 2.26 bits per heavy atom. The van der Waals surface area contributed by atoms with Gasteiger partial charge in [0.1, 0.15) is 6.04 Å². The highest BCUT2D eigenvalue weighted by atomic mass is 16.6. The number of rotatable bonds is 10. The van der Waals surface area contributed by atoms with Crippen molar-refractivity contribution in [1.82, 2.24) is 10.6 Å². The quantitative estimate of drug-likeness (QED) is 0.376. The van der Waals surface area contributed by atoms with Crippen LogP contribution in [0.3, 0.4) is 0 Å². The van der Waals surface area contributed by atoms with Crippen LogP contribution in [0, 0.1) is 23.7 Å². The summed E-state index contributed by atoms with van der Waals surface area (Å²) in [5.74, 6) is 0.151. The number of aliphatic hydroxyl groups is 2. The van der Waals surface area contributed by atoms with E-state index in [2.05, 4.69) is 10.6 Å². The van der Waals surface area contributed by atoms with Crippen molar-refractivity contribution in [2.45, 2.75) is 82.9 Å². The monoisotopic (exact) mass is 438 g/mol. The number of nitrogens with one attached hydrogen (secondary N) is 2. The predicted molar refractivity (Wildman–Crippen MR) is 114 cm³/mol. The van der Waals surface area contributed by atoms with E-state index in [4.69, 9.17) is 4.74 Å². The first-order valence-electron chi connectivity index (χ1n) is 11.8. The molecular formula is C23H38N2O6. The molecule has 4 N–H and O–H groups in total. The van der Waals surface area contributed by atoms with Gasteiger partial charge < -0.3 is 25.6 Å². The summed E-state index contributed by atoms with van der Waals surface area (Å²) in [5, 5.41) is 24.6. The molecule has 2 aliphatic carbocycles. The number of hydrogen-bond acceptors (Lipinski definition) is 6. The summed E-state index contributed by atoms with van der Waals surface area (Å²) in [6.45, 7) is 3.02. The summed E-state index contributed by atoms with van der Waals surface area (Å²) in [6, 6.07) is -1.95. The minimum Gasteiger partial charge on any atom is -0.394 e. The van der Waals surface area contributed by atoms with Gasteiger partial charge in [0.15, 0.2) is 11.4 Å². The second-order valence-corrected chi connectivity index (χ2v) is 10.1. The Morgan fingerprint density at radius 1 is 1.00 bits per heavy atom. The average Bonchev–Trinajstić information content (AvgIpc) is 3.56. The van der Waals surface area contributed by atoms with Crippen molar-refractivity contribution >= 4 is 17.6 Å². The molecule has 2 saturated carbocycles. The third-order valence-electron chi connectivity index (χ3n) is 7.26. The SMILES string of the molecule is CC(C)C[C@H](NC(=O)[C@H](CO)NC(=O)C1CCC2CCCCC2C1)C(=O)[C@@]1(CO)CO1. The molecule has 0 aromatic rings. The second kappa shape index (κ2) is 10.4. The van der Waals surface area contributed by atoms with Crippen LogP contribution >= 0.6 is 0 Å². The highest BCUT2D eigenvalue weighted by Gasteiger charge is 2.54. The molecule has 8 heteroatoms. The molecule has 176 valence electrons. The Morgan fingerprint density at radius 2 is 1.68 bits per heavy atom. The maximum Gasteiger partial charge on any atom is 0.245 e. The molecule has 2 amide bonds. The Kier molecular flexibility index (Phi) is 8.10. The van der Waals surface area contributed by atoms with Gasteiger partial charge in [0.05, 0.1) is 25.9 Å². The van der Waals surface area contributed by atoms with E-state index in [0.29, 0.717) is 12.3 Å². The first kappa shape index (κ1) is 24.1. The van der Waals surface area contributed by atoms with Crippen LogP contribution in [0.5, 0.6) is 0 Å². The van der Waals surface area contributed by atoms with Crippen LogP contribution in [0.2, 0.25) is 0 Å². The summed E-state index contributed by atoms with van der Waals surface area (Å²) >= 11 is 0. The molecule has 0 radical (unpaired) electrons. The number of aliphatic hydroxyl groups excluding tert-OH is 2. The molecule has 0 bridgehead atoms. The van der Waals surface area contributed by atoms with E-state index in [1.54, 1.807) is 0 Å². The van der Waals surface area contributed by atoms with E-state index in [1.807, 2.05) is 13.8 Å². The van der Waals surface area contributed by atoms with Crippen molar-refractivity contribution in [3.05, 3.63) is 0 Å². The molecule has 8 nitrogen and oxygen atoms in total. The van der Waals surface area contributed by atoms with Crippen LogP contribution in [0.25, 0.3) is 0 Å². The van der Waals surface area contributed by atoms with Gasteiger partial charge in [0.2, 0.25) is 11.8 Å². The molecular weight excluding hydrogens is 400 g/mol. The van der Waals surface area contributed by atoms with Crippen molar-refractivity contribution < 1.29 is 29.3 Å². The lowest BCUT2D eigenvalue weighted by Crippen LogP contribution is -2.56. The topological polar surface area (TPSA) is 128 Å². The van der Waals surface area contributed by atoms with Gasteiger partial charge in [-0.2, -0.15) is 0 Å². The summed E-state index contributed by atoms with van der Waals surface area (Å²) in [5.41, 5.74) is -1.23. The fraction of sp³-hybridized carbons (Fsp3) is 0.870. The highest BCUT2D eigenvalue weighted by Crippen LogP contribution is 2.42. The van der Waals surface area contributed by atoms with Crippen LogP contribution in [0.15, 0.2) is 0 Å². The zero-order valence-corrected chi connectivity index (χ0v) is 18.8. The number of hydrogen-bond donors (Lipinski definition) is 4. The molecule has 31 heavy (non-hydrogen) atoms. The van der Waals surface area contributed by atoms with Gasteiger partial charge in [0.25, 0.3) is 0 Å². The molecule has 3 aliphatic rings. The van der Waals surface area contributed by atoms with Crippen molar-refractivity contribution in [1.29, 1.82) is 0 Å². The van der Waals surface area contributed by atoms with Crippen molar-refractivity contribution in [2.24, 2.45) is 23.7 Å². The average molecular weight is 439 g/mol. The maximum atomic E-state index is 12.8. The molecule has 0 aromatic carbocycles. The molecule has 3 unspecified atom stereocenters. The lowest BCUT2D eigenvalue weighted by Gasteiger charge is -2.39. The number of epoxide rings is 1. The van der Waals surface area contributed by atoms with Gasteiger partial charge in [-0.25, -0.2) is 0 Å². The van der Waals surface area contributed by atoms with Crippen molar-refractivity contribution in [3.8, 4) is 0 Å². The van der Waals surface area contributed by atoms with Gasteiger partial charge >= 0.3 is 0 Å². The minimum absolute atomic E-state index is 0.122. The summed E-state index contributed by atoms with van der Waals surface area (Å²) < 4.78 is 5.16. The van der Waals surface area contributed by atoms with E-state index >= 15 is 0 Å². The predicted octanol–water partition coefficient (Wildman–Crippen LogP) is 0.931. The molecule has 6 atom stereocenters. The standard InChI is InChI=1S/C23H38N2O6/c1-14(2)9-18(20(28)23(12-27)13-31-23)24-22(30)19(11-26)25-21(29)17-8-7-15-5-3-4-6-16(15)10-17/h14-19,26-27H,3-13H2,1-2H3,(H,24,30)(H,25,29)/t15?,16?,17?,18-,19-,23+/m0/s1. The lowest BCUT2D eigenvalue weighted by atomic mass is 9.67. The van der Waals surface area contributed by atoms with Gasteiger partial charge in [0, 0.05) is 5.92 Å². The lowest BCUT2D eigenvalue weighted by molar-refractivity contribution is -0.136. The van der Waals surface area contributed by atoms with Gasteiger partial charge in [-0.3, -0.25) is 14.4 Å². The molecule has 0 spiro atoms. The normalized spacial score (nSPS) is 32.0. The molecule has 1 saturated heterocycles. The van der Waals surface area contributed by atoms with Crippen molar-refractivity contribution in [3.63, 3.8) is 0 Å². The molecule has 0 aromatic heterocycles. The van der Waals surface area contributed by atoms with Gasteiger partial charge in [-0.05, 0) is 43.4 Å². The molecule has 3 fully saturated rings. The number of carbonyl (C=O) groups is 3. The first-order valence-corrected chi connectivity index (χ1v) is 11.8. The Labute approximate surface area is 184 Å². The Balaban J connectivity index is 1.57. The zero-order valence-electron chi connectivity index (χ0n) is 18.8. The minimum atomic E-state index is -1.23. The first-order chi connectivity index (χ1) is 14.8. The number of carbonyl (C=O) groups excluding carboxylic acids is 3. The zero-order chi connectivity index (χ0) is 22.6. The fourth-order valence-electron chi connectivity index (χ4n) is 5.29. The third kappa shape index (κ3) is 5.84. The fourth-order valence-corrected chi connectivity index (χ4v) is 5.29. The largest absolute Gasteiger partial charge is 0.394 e. The molecule has 1 aliphatic heterocycles. The Hall–Kier alpha value is -1.51. The highest BCUT2D eigenvalue weighted by molar-refractivity contribution is 5.98. The van der Waals surface area contributed by atoms with Crippen molar-refractivity contribution in [2.75, 3.05) is 19.8 Å². The van der Waals surface area contributed by atoms with E-state index in [-0.39, 0.29) is 30.1 Å². The second-order valence-electron chi connectivity index (χ2n) is 10.1. The van der Waals surface area contributed by atoms with E-state index in [9.17, 15) is 24.6 Å². The summed E-state index contributed by atoms with van der Waals surface area (Å²) in [7, 11) is 0. The number of Topliss-reactive ketones (excluding diaryl/α,β-unsaturated/α-hetero) is 1. The van der Waals surface area contributed by atoms with Gasteiger partial charge in [-0.15, -0.1) is 0 Å². The summed E-state index contributed by atoms with van der Waals surface area (Å²) in [6.07, 6.45) is 8.03. The van der Waals surface area contributed by atoms with Crippen LogP contribution in [0.1, 0.15) is 65.2 Å². The van der Waals surface area contributed by atoms with Crippen LogP contribution in [-0.2, 0) is 19.1 Å². The van der Waals surface area contributed by atoms with Crippen LogP contribution in [-0.4, -0.2) is 65.3 Å². The number of amides is 2. The number of ether oxygens (including phenoxy) is 1. The molecule has 1 heterocycles. The van der Waals surface area contributed by atoms with Crippen LogP contribution < -0.4 is 10.6 Å². The van der Waals surface area contributed by atoms with Crippen LogP contribution in [0.4, 0.5) is 0 Å². The number of fused-ring (bicyclic) bond motifs is 1. The molecule has 3 rings (SSSR count). The maximum absolute atomic E-state index is 12.8. The van der Waals surface area contributed by atoms with E-state index < -0.39 is 36.8 Å². The number of ketones is 1. The smallest absolute Gasteiger partial charge is 0.245 e. The van der Waals surface area contributed by atoms with E-state index in [1.165, 1.54) is 25.7 Å². The van der Waals surface area contributed by atoms with Gasteiger partial charge in [-0.1, -0.05) is 39.5 Å². The third-order valence-corrected chi connectivity index (χ3v) is 7.26.